The van der Waals surface area contributed by atoms with Crippen molar-refractivity contribution in [3.05, 3.63) is 83.7 Å². The highest BCUT2D eigenvalue weighted by Gasteiger charge is 2.18. The van der Waals surface area contributed by atoms with Gasteiger partial charge in [-0.15, -0.1) is 5.10 Å². The number of hydrogen-bond donors (Lipinski definition) is 0. The lowest BCUT2D eigenvalue weighted by atomic mass is 9.99. The minimum atomic E-state index is -0.331. The number of nitrogens with zero attached hydrogens (tertiary/aromatic N) is 3. The molecule has 3 rings (SSSR count). The fourth-order valence-electron chi connectivity index (χ4n) is 2.45. The average molecular weight is 307 g/mol. The van der Waals surface area contributed by atoms with Crippen molar-refractivity contribution >= 4 is 5.97 Å². The Morgan fingerprint density at radius 2 is 1.61 bits per heavy atom. The van der Waals surface area contributed by atoms with Crippen molar-refractivity contribution < 1.29 is 9.53 Å². The zero-order chi connectivity index (χ0) is 16.1. The summed E-state index contributed by atoms with van der Waals surface area (Å²) in [7, 11) is 0. The molecule has 1 aromatic heterocycles. The van der Waals surface area contributed by atoms with Crippen molar-refractivity contribution in [2.45, 2.75) is 19.6 Å². The molecule has 0 fully saturated rings. The molecule has 1 heterocycles. The first-order valence-corrected chi connectivity index (χ1v) is 7.38. The van der Waals surface area contributed by atoms with Gasteiger partial charge in [0.2, 0.25) is 0 Å². The van der Waals surface area contributed by atoms with Crippen molar-refractivity contribution in [1.82, 2.24) is 15.0 Å². The van der Waals surface area contributed by atoms with Crippen LogP contribution in [0.5, 0.6) is 0 Å². The van der Waals surface area contributed by atoms with Gasteiger partial charge in [0.15, 0.2) is 0 Å². The Bertz CT molecular complexity index is 730. The maximum absolute atomic E-state index is 10.9. The molecule has 116 valence electrons. The molecule has 0 saturated carbocycles. The summed E-state index contributed by atoms with van der Waals surface area (Å²) < 4.78 is 6.77. The summed E-state index contributed by atoms with van der Waals surface area (Å²) in [6.45, 7) is 1.51. The van der Waals surface area contributed by atoms with Gasteiger partial charge in [-0.1, -0.05) is 65.9 Å². The summed E-state index contributed by atoms with van der Waals surface area (Å²) >= 11 is 0. The van der Waals surface area contributed by atoms with Crippen LogP contribution in [0.1, 0.15) is 29.8 Å². The summed E-state index contributed by atoms with van der Waals surface area (Å²) in [5.41, 5.74) is 2.85. The van der Waals surface area contributed by atoms with Crippen molar-refractivity contribution in [3.63, 3.8) is 0 Å². The van der Waals surface area contributed by atoms with Crippen LogP contribution in [0, 0.1) is 0 Å². The van der Waals surface area contributed by atoms with E-state index in [1.165, 1.54) is 6.92 Å². The van der Waals surface area contributed by atoms with Crippen LogP contribution in [-0.2, 0) is 16.1 Å². The Morgan fingerprint density at radius 1 is 1.04 bits per heavy atom. The van der Waals surface area contributed by atoms with Gasteiger partial charge in [0, 0.05) is 6.92 Å². The van der Waals surface area contributed by atoms with E-state index in [9.17, 15) is 4.79 Å². The molecule has 5 heteroatoms. The fourth-order valence-corrected chi connectivity index (χ4v) is 2.45. The third kappa shape index (κ3) is 3.63. The average Bonchev–Trinajstić information content (AvgIpc) is 3.04. The van der Waals surface area contributed by atoms with Crippen LogP contribution in [0.15, 0.2) is 66.9 Å². The predicted octanol–water partition coefficient (Wildman–Crippen LogP) is 2.98. The standard InChI is InChI=1S/C18H17N3O2/c1-14(22)23-13-17-12-21(20-19-17)18(15-8-4-2-5-9-15)16-10-6-3-7-11-16/h2-12,18H,13H2,1H3. The largest absolute Gasteiger partial charge is 0.459 e. The quantitative estimate of drug-likeness (QED) is 0.680. The highest BCUT2D eigenvalue weighted by Crippen LogP contribution is 2.25. The van der Waals surface area contributed by atoms with E-state index in [2.05, 4.69) is 34.6 Å². The van der Waals surface area contributed by atoms with E-state index in [-0.39, 0.29) is 18.6 Å². The van der Waals surface area contributed by atoms with Gasteiger partial charge in [0.05, 0.1) is 6.20 Å². The molecule has 2 aromatic carbocycles. The Labute approximate surface area is 134 Å². The number of carbonyl (C=O) groups excluding carboxylic acids is 1. The SMILES string of the molecule is CC(=O)OCc1cn(C(c2ccccc2)c2ccccc2)nn1. The van der Waals surface area contributed by atoms with Gasteiger partial charge < -0.3 is 4.74 Å². The molecular formula is C18H17N3O2. The van der Waals surface area contributed by atoms with Crippen LogP contribution >= 0.6 is 0 Å². The first-order valence-electron chi connectivity index (χ1n) is 7.38. The second-order valence-corrected chi connectivity index (χ2v) is 5.19. The maximum atomic E-state index is 10.9. The number of esters is 1. The molecule has 23 heavy (non-hydrogen) atoms. The van der Waals surface area contributed by atoms with Crippen LogP contribution in [0.2, 0.25) is 0 Å². The highest BCUT2D eigenvalue weighted by molar-refractivity contribution is 5.65. The smallest absolute Gasteiger partial charge is 0.303 e. The third-order valence-corrected chi connectivity index (χ3v) is 3.48. The number of aromatic nitrogens is 3. The zero-order valence-corrected chi connectivity index (χ0v) is 12.8. The molecule has 0 radical (unpaired) electrons. The van der Waals surface area contributed by atoms with E-state index in [4.69, 9.17) is 4.74 Å². The van der Waals surface area contributed by atoms with Crippen molar-refractivity contribution in [3.8, 4) is 0 Å². The fraction of sp³-hybridized carbons (Fsp3) is 0.167. The van der Waals surface area contributed by atoms with Crippen molar-refractivity contribution in [2.75, 3.05) is 0 Å². The van der Waals surface area contributed by atoms with Gasteiger partial charge in [-0.3, -0.25) is 4.79 Å². The van der Waals surface area contributed by atoms with Gasteiger partial charge in [0.1, 0.15) is 18.3 Å². The molecule has 3 aromatic rings. The lowest BCUT2D eigenvalue weighted by molar-refractivity contribution is -0.142. The number of benzene rings is 2. The molecule has 0 amide bonds. The molecule has 0 bridgehead atoms. The summed E-state index contributed by atoms with van der Waals surface area (Å²) in [5.74, 6) is -0.331. The lowest BCUT2D eigenvalue weighted by Gasteiger charge is -2.17. The third-order valence-electron chi connectivity index (χ3n) is 3.48. The molecule has 0 atom stereocenters. The van der Waals surface area contributed by atoms with E-state index < -0.39 is 0 Å². The van der Waals surface area contributed by atoms with Gasteiger partial charge in [0.25, 0.3) is 0 Å². The molecule has 0 spiro atoms. The van der Waals surface area contributed by atoms with E-state index in [0.29, 0.717) is 5.69 Å². The van der Waals surface area contributed by atoms with Crippen LogP contribution in [0.3, 0.4) is 0 Å². The summed E-state index contributed by atoms with van der Waals surface area (Å²) in [5, 5.41) is 8.32. The van der Waals surface area contributed by atoms with E-state index in [1.807, 2.05) is 42.6 Å². The molecule has 0 saturated heterocycles. The maximum Gasteiger partial charge on any atom is 0.303 e. The summed E-state index contributed by atoms with van der Waals surface area (Å²) in [6.07, 6.45) is 1.81. The number of rotatable bonds is 5. The van der Waals surface area contributed by atoms with Gasteiger partial charge in [-0.25, -0.2) is 4.68 Å². The van der Waals surface area contributed by atoms with E-state index >= 15 is 0 Å². The number of carbonyl (C=O) groups is 1. The minimum Gasteiger partial charge on any atom is -0.459 e. The minimum absolute atomic E-state index is 0.0732. The van der Waals surface area contributed by atoms with Crippen LogP contribution in [0.4, 0.5) is 0 Å². The number of hydrogen-bond acceptors (Lipinski definition) is 4. The van der Waals surface area contributed by atoms with Crippen molar-refractivity contribution in [2.24, 2.45) is 0 Å². The Balaban J connectivity index is 1.95. The molecule has 5 nitrogen and oxygen atoms in total. The van der Waals surface area contributed by atoms with Gasteiger partial charge in [-0.2, -0.15) is 0 Å². The van der Waals surface area contributed by atoms with Crippen LogP contribution < -0.4 is 0 Å². The summed E-state index contributed by atoms with van der Waals surface area (Å²) in [4.78, 5) is 10.9. The van der Waals surface area contributed by atoms with Crippen LogP contribution in [0.25, 0.3) is 0 Å². The second-order valence-electron chi connectivity index (χ2n) is 5.19. The Hall–Kier alpha value is -2.95. The molecule has 0 unspecified atom stereocenters. The molecule has 0 aliphatic carbocycles. The first kappa shape index (κ1) is 15.0. The van der Waals surface area contributed by atoms with Crippen molar-refractivity contribution in [1.29, 1.82) is 0 Å². The number of ether oxygens (including phenoxy) is 1. The zero-order valence-electron chi connectivity index (χ0n) is 12.8. The monoisotopic (exact) mass is 307 g/mol. The van der Waals surface area contributed by atoms with Gasteiger partial charge >= 0.3 is 5.97 Å². The molecular weight excluding hydrogens is 290 g/mol. The second kappa shape index (κ2) is 6.87. The Kier molecular flexibility index (Phi) is 4.47. The normalized spacial score (nSPS) is 10.7. The van der Waals surface area contributed by atoms with Crippen LogP contribution in [-0.4, -0.2) is 21.0 Å². The molecule has 0 N–H and O–H groups in total. The molecule has 0 aliphatic heterocycles. The predicted molar refractivity (Wildman–Crippen MR) is 85.6 cm³/mol. The van der Waals surface area contributed by atoms with E-state index in [1.54, 1.807) is 4.68 Å². The van der Waals surface area contributed by atoms with E-state index in [0.717, 1.165) is 11.1 Å². The summed E-state index contributed by atoms with van der Waals surface area (Å²) in [6, 6.07) is 20.1. The van der Waals surface area contributed by atoms with Gasteiger partial charge in [-0.05, 0) is 11.1 Å². The highest BCUT2D eigenvalue weighted by atomic mass is 16.5. The topological polar surface area (TPSA) is 57.0 Å². The molecule has 0 aliphatic rings. The lowest BCUT2D eigenvalue weighted by Crippen LogP contribution is -2.13. The first-order chi connectivity index (χ1) is 11.2. The Morgan fingerprint density at radius 3 is 2.13 bits per heavy atom.